The monoisotopic (exact) mass is 416 g/mol. The first-order valence-electron chi connectivity index (χ1n) is 10.5. The number of furan rings is 1. The maximum atomic E-state index is 12.9. The molecule has 0 atom stereocenters. The normalized spacial score (nSPS) is 15.1. The molecule has 1 fully saturated rings. The number of rotatable bonds is 4. The predicted molar refractivity (Wildman–Crippen MR) is 119 cm³/mol. The number of aryl methyl sites for hydroxylation is 1. The van der Waals surface area contributed by atoms with Gasteiger partial charge in [0.25, 0.3) is 5.56 Å². The number of hydrogen-bond acceptors (Lipinski definition) is 5. The zero-order chi connectivity index (χ0) is 21.4. The van der Waals surface area contributed by atoms with Crippen molar-refractivity contribution in [2.24, 2.45) is 0 Å². The summed E-state index contributed by atoms with van der Waals surface area (Å²) in [5.41, 5.74) is 3.63. The Bertz CT molecular complexity index is 1320. The first-order chi connectivity index (χ1) is 15.1. The summed E-state index contributed by atoms with van der Waals surface area (Å²) in [4.78, 5) is 34.3. The maximum absolute atomic E-state index is 12.9. The smallest absolute Gasteiger partial charge is 0.297 e. The number of hydrogen-bond donors (Lipinski definition) is 0. The van der Waals surface area contributed by atoms with Crippen LogP contribution < -0.4 is 5.56 Å². The summed E-state index contributed by atoms with van der Waals surface area (Å²) in [7, 11) is 0. The summed E-state index contributed by atoms with van der Waals surface area (Å²) < 4.78 is 7.04. The topological polar surface area (TPSA) is 71.6 Å². The van der Waals surface area contributed by atoms with Crippen molar-refractivity contribution in [3.05, 3.63) is 76.3 Å². The van der Waals surface area contributed by atoms with E-state index in [1.165, 1.54) is 22.0 Å². The van der Waals surface area contributed by atoms with E-state index in [0.29, 0.717) is 24.2 Å². The van der Waals surface area contributed by atoms with Gasteiger partial charge in [0.05, 0.1) is 6.33 Å². The van der Waals surface area contributed by atoms with Crippen LogP contribution in [0.1, 0.15) is 11.1 Å². The second-order valence-electron chi connectivity index (χ2n) is 8.04. The lowest BCUT2D eigenvalue weighted by Crippen LogP contribution is -2.49. The predicted octanol–water partition coefficient (Wildman–Crippen LogP) is 2.80. The van der Waals surface area contributed by atoms with Crippen LogP contribution >= 0.6 is 0 Å². The number of carbonyl (C=O) groups excluding carboxylic acids is 1. The molecule has 0 N–H and O–H groups in total. The minimum Gasteiger partial charge on any atom is -0.448 e. The quantitative estimate of drug-likeness (QED) is 0.512. The highest BCUT2D eigenvalue weighted by atomic mass is 16.3. The number of aromatic nitrogens is 2. The first-order valence-corrected chi connectivity index (χ1v) is 10.5. The van der Waals surface area contributed by atoms with Crippen molar-refractivity contribution < 1.29 is 9.21 Å². The molecule has 5 rings (SSSR count). The molecule has 158 valence electrons. The summed E-state index contributed by atoms with van der Waals surface area (Å²) >= 11 is 0. The Kier molecular flexibility index (Phi) is 5.03. The van der Waals surface area contributed by atoms with Crippen molar-refractivity contribution in [3.63, 3.8) is 0 Å². The number of piperazine rings is 1. The van der Waals surface area contributed by atoms with E-state index in [0.717, 1.165) is 25.0 Å². The summed E-state index contributed by atoms with van der Waals surface area (Å²) in [6, 6.07) is 15.8. The van der Waals surface area contributed by atoms with Gasteiger partial charge in [-0.1, -0.05) is 36.4 Å². The van der Waals surface area contributed by atoms with Gasteiger partial charge in [0.1, 0.15) is 17.6 Å². The van der Waals surface area contributed by atoms with Gasteiger partial charge in [0, 0.05) is 38.1 Å². The molecule has 0 saturated carbocycles. The molecule has 0 radical (unpaired) electrons. The SMILES string of the molecule is Cc1ccccc1CN1CCN(C(=O)Cn2cnc3c(oc4ccccc43)c2=O)CC1. The second kappa shape index (κ2) is 8.00. The summed E-state index contributed by atoms with van der Waals surface area (Å²) in [6.07, 6.45) is 1.44. The third-order valence-corrected chi connectivity index (χ3v) is 6.04. The highest BCUT2D eigenvalue weighted by Gasteiger charge is 2.22. The second-order valence-corrected chi connectivity index (χ2v) is 8.04. The van der Waals surface area contributed by atoms with Gasteiger partial charge >= 0.3 is 0 Å². The van der Waals surface area contributed by atoms with Crippen LogP contribution in [0, 0.1) is 6.92 Å². The van der Waals surface area contributed by atoms with Crippen LogP contribution in [-0.2, 0) is 17.9 Å². The molecule has 1 aliphatic rings. The molecule has 0 unspecified atom stereocenters. The van der Waals surface area contributed by atoms with E-state index in [4.69, 9.17) is 4.42 Å². The number of carbonyl (C=O) groups is 1. The van der Waals surface area contributed by atoms with E-state index in [1.54, 1.807) is 0 Å². The summed E-state index contributed by atoms with van der Waals surface area (Å²) in [6.45, 7) is 5.92. The fourth-order valence-corrected chi connectivity index (χ4v) is 4.16. The van der Waals surface area contributed by atoms with E-state index in [9.17, 15) is 9.59 Å². The molecule has 2 aromatic carbocycles. The Morgan fingerprint density at radius 3 is 2.58 bits per heavy atom. The van der Waals surface area contributed by atoms with Crippen molar-refractivity contribution in [1.29, 1.82) is 0 Å². The molecular formula is C24H24N4O3. The van der Waals surface area contributed by atoms with Gasteiger partial charge in [-0.2, -0.15) is 0 Å². The molecule has 0 spiro atoms. The zero-order valence-electron chi connectivity index (χ0n) is 17.5. The lowest BCUT2D eigenvalue weighted by Gasteiger charge is -2.35. The molecule has 1 aliphatic heterocycles. The highest BCUT2D eigenvalue weighted by Crippen LogP contribution is 2.24. The Morgan fingerprint density at radius 2 is 1.77 bits per heavy atom. The van der Waals surface area contributed by atoms with E-state index >= 15 is 0 Å². The van der Waals surface area contributed by atoms with Crippen molar-refractivity contribution in [2.75, 3.05) is 26.2 Å². The van der Waals surface area contributed by atoms with Crippen molar-refractivity contribution >= 4 is 28.0 Å². The highest BCUT2D eigenvalue weighted by molar-refractivity contribution is 6.01. The third kappa shape index (κ3) is 3.72. The Labute approximate surface area is 179 Å². The van der Waals surface area contributed by atoms with Crippen LogP contribution in [-0.4, -0.2) is 51.4 Å². The molecule has 0 aliphatic carbocycles. The van der Waals surface area contributed by atoms with E-state index in [-0.39, 0.29) is 23.6 Å². The van der Waals surface area contributed by atoms with Gasteiger partial charge in [-0.25, -0.2) is 4.98 Å². The van der Waals surface area contributed by atoms with Gasteiger partial charge in [0.15, 0.2) is 0 Å². The maximum Gasteiger partial charge on any atom is 0.297 e. The molecule has 2 aromatic heterocycles. The van der Waals surface area contributed by atoms with Crippen LogP contribution in [0.15, 0.2) is 64.1 Å². The van der Waals surface area contributed by atoms with Gasteiger partial charge in [-0.3, -0.25) is 19.1 Å². The van der Waals surface area contributed by atoms with Gasteiger partial charge in [0.2, 0.25) is 11.5 Å². The number of fused-ring (bicyclic) bond motifs is 3. The fraction of sp³-hybridized carbons (Fsp3) is 0.292. The minimum absolute atomic E-state index is 0.0311. The van der Waals surface area contributed by atoms with Crippen LogP contribution in [0.25, 0.3) is 22.1 Å². The molecule has 7 nitrogen and oxygen atoms in total. The standard InChI is InChI=1S/C24H24N4O3/c1-17-6-2-3-7-18(17)14-26-10-12-27(13-11-26)21(29)15-28-16-25-22-19-8-4-5-9-20(19)31-23(22)24(28)30/h2-9,16H,10-15H2,1H3. The average molecular weight is 416 g/mol. The van der Waals surface area contributed by atoms with Crippen LogP contribution in [0.2, 0.25) is 0 Å². The van der Waals surface area contributed by atoms with Gasteiger partial charge in [-0.05, 0) is 30.2 Å². The van der Waals surface area contributed by atoms with Crippen LogP contribution in [0.4, 0.5) is 0 Å². The molecule has 31 heavy (non-hydrogen) atoms. The molecule has 1 amide bonds. The van der Waals surface area contributed by atoms with Crippen molar-refractivity contribution in [3.8, 4) is 0 Å². The largest absolute Gasteiger partial charge is 0.448 e. The lowest BCUT2D eigenvalue weighted by atomic mass is 10.1. The fourth-order valence-electron chi connectivity index (χ4n) is 4.16. The van der Waals surface area contributed by atoms with E-state index in [2.05, 4.69) is 41.1 Å². The molecule has 0 bridgehead atoms. The average Bonchev–Trinajstić information content (AvgIpc) is 3.17. The van der Waals surface area contributed by atoms with Crippen molar-refractivity contribution in [1.82, 2.24) is 19.4 Å². The minimum atomic E-state index is -0.326. The molecule has 4 aromatic rings. The van der Waals surface area contributed by atoms with Gasteiger partial charge < -0.3 is 9.32 Å². The van der Waals surface area contributed by atoms with E-state index < -0.39 is 0 Å². The lowest BCUT2D eigenvalue weighted by molar-refractivity contribution is -0.133. The molecule has 7 heteroatoms. The third-order valence-electron chi connectivity index (χ3n) is 6.04. The Balaban J connectivity index is 1.26. The molecule has 1 saturated heterocycles. The summed E-state index contributed by atoms with van der Waals surface area (Å²) in [5, 5.41) is 0.804. The van der Waals surface area contributed by atoms with E-state index in [1.807, 2.05) is 29.2 Å². The number of amides is 1. The summed E-state index contributed by atoms with van der Waals surface area (Å²) in [5.74, 6) is -0.0742. The Hall–Kier alpha value is -3.45. The number of nitrogens with zero attached hydrogens (tertiary/aromatic N) is 4. The Morgan fingerprint density at radius 1 is 1.03 bits per heavy atom. The number of para-hydroxylation sites is 1. The van der Waals surface area contributed by atoms with Gasteiger partial charge in [-0.15, -0.1) is 0 Å². The molecular weight excluding hydrogens is 392 g/mol. The van der Waals surface area contributed by atoms with Crippen LogP contribution in [0.3, 0.4) is 0 Å². The zero-order valence-corrected chi connectivity index (χ0v) is 17.5. The first kappa shape index (κ1) is 19.5. The van der Waals surface area contributed by atoms with Crippen LogP contribution in [0.5, 0.6) is 0 Å². The van der Waals surface area contributed by atoms with Crippen molar-refractivity contribution in [2.45, 2.75) is 20.0 Å². The number of benzene rings is 2. The molecule has 3 heterocycles.